The van der Waals surface area contributed by atoms with Crippen LogP contribution < -0.4 is 5.48 Å². The minimum atomic E-state index is 0.265. The fourth-order valence-corrected chi connectivity index (χ4v) is 2.07. The van der Waals surface area contributed by atoms with E-state index in [9.17, 15) is 0 Å². The van der Waals surface area contributed by atoms with Crippen molar-refractivity contribution in [2.45, 2.75) is 18.9 Å². The number of nitrogens with zero attached hydrogens (tertiary/aromatic N) is 1. The van der Waals surface area contributed by atoms with Gasteiger partial charge in [0, 0.05) is 19.1 Å². The van der Waals surface area contributed by atoms with Crippen LogP contribution in [0.3, 0.4) is 0 Å². The molecule has 2 rings (SSSR count). The Kier molecular flexibility index (Phi) is 3.72. The van der Waals surface area contributed by atoms with Gasteiger partial charge in [0.2, 0.25) is 0 Å². The summed E-state index contributed by atoms with van der Waals surface area (Å²) in [5.74, 6) is 0. The Balaban J connectivity index is 1.75. The molecule has 1 fully saturated rings. The van der Waals surface area contributed by atoms with Crippen LogP contribution >= 0.6 is 0 Å². The maximum absolute atomic E-state index is 8.79. The lowest BCUT2D eigenvalue weighted by Gasteiger charge is -2.15. The van der Waals surface area contributed by atoms with Crippen molar-refractivity contribution in [3.63, 3.8) is 0 Å². The Labute approximate surface area is 90.7 Å². The molecule has 1 aliphatic heterocycles. The van der Waals surface area contributed by atoms with E-state index in [1.54, 1.807) is 0 Å². The van der Waals surface area contributed by atoms with Crippen LogP contribution in [-0.2, 0) is 6.42 Å². The maximum atomic E-state index is 8.79. The van der Waals surface area contributed by atoms with Crippen LogP contribution in [0.1, 0.15) is 12.0 Å². The van der Waals surface area contributed by atoms with E-state index in [2.05, 4.69) is 34.6 Å². The number of hydrogen-bond donors (Lipinski definition) is 2. The van der Waals surface area contributed by atoms with Crippen LogP contribution in [0.2, 0.25) is 0 Å². The van der Waals surface area contributed by atoms with Gasteiger partial charge in [-0.2, -0.15) is 0 Å². The molecule has 0 radical (unpaired) electrons. The highest BCUT2D eigenvalue weighted by Gasteiger charge is 2.20. The van der Waals surface area contributed by atoms with Crippen molar-refractivity contribution < 1.29 is 5.21 Å². The highest BCUT2D eigenvalue weighted by Crippen LogP contribution is 2.09. The van der Waals surface area contributed by atoms with Gasteiger partial charge in [-0.3, -0.25) is 0 Å². The third kappa shape index (κ3) is 3.02. The van der Waals surface area contributed by atoms with E-state index < -0.39 is 0 Å². The van der Waals surface area contributed by atoms with Crippen molar-refractivity contribution in [2.75, 3.05) is 19.6 Å². The predicted molar refractivity (Wildman–Crippen MR) is 59.9 cm³/mol. The van der Waals surface area contributed by atoms with Gasteiger partial charge >= 0.3 is 0 Å². The van der Waals surface area contributed by atoms with Gasteiger partial charge in [0.05, 0.1) is 0 Å². The Bertz CT molecular complexity index is 289. The Morgan fingerprint density at radius 3 is 2.80 bits per heavy atom. The molecule has 3 heteroatoms. The molecular formula is C12H18N2O. The summed E-state index contributed by atoms with van der Waals surface area (Å²) >= 11 is 0. The summed E-state index contributed by atoms with van der Waals surface area (Å²) in [4.78, 5) is 2.39. The topological polar surface area (TPSA) is 35.5 Å². The minimum absolute atomic E-state index is 0.265. The molecule has 0 saturated carbocycles. The maximum Gasteiger partial charge on any atom is 0.0459 e. The first kappa shape index (κ1) is 10.6. The molecule has 1 heterocycles. The zero-order chi connectivity index (χ0) is 10.5. The van der Waals surface area contributed by atoms with Gasteiger partial charge in [-0.25, -0.2) is 5.48 Å². The number of hydrogen-bond acceptors (Lipinski definition) is 3. The number of nitrogens with one attached hydrogen (secondary N) is 1. The molecule has 1 atom stereocenters. The highest BCUT2D eigenvalue weighted by atomic mass is 16.5. The first-order valence-corrected chi connectivity index (χ1v) is 5.54. The summed E-state index contributed by atoms with van der Waals surface area (Å²) in [6, 6.07) is 10.8. The van der Waals surface area contributed by atoms with Crippen LogP contribution in [-0.4, -0.2) is 35.8 Å². The second kappa shape index (κ2) is 5.26. The number of likely N-dealkylation sites (tertiary alicyclic amines) is 1. The molecule has 1 aromatic rings. The fourth-order valence-electron chi connectivity index (χ4n) is 2.07. The third-order valence-corrected chi connectivity index (χ3v) is 3.01. The molecule has 82 valence electrons. The van der Waals surface area contributed by atoms with Gasteiger partial charge < -0.3 is 10.1 Å². The molecule has 1 unspecified atom stereocenters. The standard InChI is InChI=1S/C12H18N2O/c15-13-12-7-9-14(10-12)8-6-11-4-2-1-3-5-11/h1-5,12-13,15H,6-10H2. The SMILES string of the molecule is ONC1CCN(CCc2ccccc2)C1. The van der Waals surface area contributed by atoms with E-state index >= 15 is 0 Å². The molecule has 3 nitrogen and oxygen atoms in total. The van der Waals surface area contributed by atoms with Crippen LogP contribution in [0.15, 0.2) is 30.3 Å². The molecule has 1 aromatic carbocycles. The van der Waals surface area contributed by atoms with E-state index in [4.69, 9.17) is 5.21 Å². The van der Waals surface area contributed by atoms with E-state index in [1.165, 1.54) is 5.56 Å². The van der Waals surface area contributed by atoms with E-state index in [0.29, 0.717) is 0 Å². The van der Waals surface area contributed by atoms with Gasteiger partial charge in [0.25, 0.3) is 0 Å². The van der Waals surface area contributed by atoms with Gasteiger partial charge in [0.1, 0.15) is 0 Å². The molecule has 1 saturated heterocycles. The largest absolute Gasteiger partial charge is 0.316 e. The quantitative estimate of drug-likeness (QED) is 0.728. The highest BCUT2D eigenvalue weighted by molar-refractivity contribution is 5.14. The Hall–Kier alpha value is -0.900. The monoisotopic (exact) mass is 206 g/mol. The summed E-state index contributed by atoms with van der Waals surface area (Å²) in [6.45, 7) is 3.14. The average Bonchev–Trinajstić information content (AvgIpc) is 2.76. The zero-order valence-corrected chi connectivity index (χ0v) is 8.89. The molecule has 0 amide bonds. The normalized spacial score (nSPS) is 22.1. The van der Waals surface area contributed by atoms with Crippen LogP contribution in [0.4, 0.5) is 0 Å². The predicted octanol–water partition coefficient (Wildman–Crippen LogP) is 1.28. The summed E-state index contributed by atoms with van der Waals surface area (Å²) in [6.07, 6.45) is 2.14. The van der Waals surface area contributed by atoms with Crippen LogP contribution in [0.25, 0.3) is 0 Å². The molecule has 1 aliphatic rings. The lowest BCUT2D eigenvalue weighted by molar-refractivity contribution is 0.127. The van der Waals surface area contributed by atoms with Crippen molar-refractivity contribution in [2.24, 2.45) is 0 Å². The first-order chi connectivity index (χ1) is 7.38. The van der Waals surface area contributed by atoms with Gasteiger partial charge in [-0.15, -0.1) is 0 Å². The molecule has 0 aromatic heterocycles. The van der Waals surface area contributed by atoms with Crippen LogP contribution in [0, 0.1) is 0 Å². The second-order valence-electron chi connectivity index (χ2n) is 4.15. The van der Waals surface area contributed by atoms with Gasteiger partial charge in [-0.05, 0) is 24.9 Å². The molecule has 0 aliphatic carbocycles. The zero-order valence-electron chi connectivity index (χ0n) is 8.89. The average molecular weight is 206 g/mol. The third-order valence-electron chi connectivity index (χ3n) is 3.01. The van der Waals surface area contributed by atoms with Gasteiger partial charge in [0.15, 0.2) is 0 Å². The van der Waals surface area contributed by atoms with Crippen molar-refractivity contribution in [3.8, 4) is 0 Å². The van der Waals surface area contributed by atoms with Crippen molar-refractivity contribution in [3.05, 3.63) is 35.9 Å². The second-order valence-corrected chi connectivity index (χ2v) is 4.15. The van der Waals surface area contributed by atoms with Crippen LogP contribution in [0.5, 0.6) is 0 Å². The smallest absolute Gasteiger partial charge is 0.0459 e. The number of benzene rings is 1. The molecular weight excluding hydrogens is 188 g/mol. The van der Waals surface area contributed by atoms with E-state index in [1.807, 2.05) is 6.07 Å². The van der Waals surface area contributed by atoms with E-state index in [0.717, 1.165) is 32.5 Å². The fraction of sp³-hybridized carbons (Fsp3) is 0.500. The lowest BCUT2D eigenvalue weighted by Crippen LogP contribution is -2.31. The van der Waals surface area contributed by atoms with Crippen molar-refractivity contribution in [1.29, 1.82) is 0 Å². The number of hydroxylamine groups is 1. The molecule has 15 heavy (non-hydrogen) atoms. The Morgan fingerprint density at radius 1 is 1.33 bits per heavy atom. The molecule has 0 bridgehead atoms. The molecule has 2 N–H and O–H groups in total. The summed E-state index contributed by atoms with van der Waals surface area (Å²) in [5, 5.41) is 8.79. The van der Waals surface area contributed by atoms with E-state index in [-0.39, 0.29) is 6.04 Å². The summed E-state index contributed by atoms with van der Waals surface area (Å²) in [5.41, 5.74) is 3.74. The van der Waals surface area contributed by atoms with Crippen molar-refractivity contribution >= 4 is 0 Å². The lowest BCUT2D eigenvalue weighted by atomic mass is 10.1. The van der Waals surface area contributed by atoms with Gasteiger partial charge in [-0.1, -0.05) is 30.3 Å². The minimum Gasteiger partial charge on any atom is -0.316 e. The molecule has 0 spiro atoms. The first-order valence-electron chi connectivity index (χ1n) is 5.54. The number of rotatable bonds is 4. The summed E-state index contributed by atoms with van der Waals surface area (Å²) < 4.78 is 0. The Morgan fingerprint density at radius 2 is 2.13 bits per heavy atom. The van der Waals surface area contributed by atoms with Crippen molar-refractivity contribution in [1.82, 2.24) is 10.4 Å². The summed E-state index contributed by atoms with van der Waals surface area (Å²) in [7, 11) is 0.